The molecule has 0 amide bonds. The Balaban J connectivity index is 1.80. The summed E-state index contributed by atoms with van der Waals surface area (Å²) in [5, 5.41) is 3.35. The SMILES string of the molecule is COC(=O)C1=C(C)NC2=C(C(=O)C[C@H](c3ccccc3)C2)[C@@H]1c1ccc(OC)cc1. The monoisotopic (exact) mass is 403 g/mol. The van der Waals surface area contributed by atoms with Gasteiger partial charge in [-0.15, -0.1) is 0 Å². The van der Waals surface area contributed by atoms with Crippen molar-refractivity contribution in [1.82, 2.24) is 5.32 Å². The largest absolute Gasteiger partial charge is 0.497 e. The third kappa shape index (κ3) is 3.52. The fourth-order valence-corrected chi connectivity index (χ4v) is 4.51. The molecule has 154 valence electrons. The summed E-state index contributed by atoms with van der Waals surface area (Å²) in [7, 11) is 2.98. The molecule has 1 aliphatic carbocycles. The standard InChI is InChI=1S/C25H25NO4/c1-15-22(25(28)30-3)23(17-9-11-19(29-2)12-10-17)24-20(26-15)13-18(14-21(24)27)16-7-5-4-6-8-16/h4-12,18,23,26H,13-14H2,1-3H3/t18-,23-/m1/s1. The third-order valence-corrected chi connectivity index (χ3v) is 5.95. The minimum Gasteiger partial charge on any atom is -0.497 e. The molecule has 2 aliphatic rings. The van der Waals surface area contributed by atoms with Gasteiger partial charge in [-0.2, -0.15) is 0 Å². The third-order valence-electron chi connectivity index (χ3n) is 5.95. The van der Waals surface area contributed by atoms with Crippen molar-refractivity contribution in [2.24, 2.45) is 0 Å². The number of allylic oxidation sites excluding steroid dienone is 3. The van der Waals surface area contributed by atoms with Crippen LogP contribution in [0.15, 0.2) is 77.1 Å². The van der Waals surface area contributed by atoms with Crippen LogP contribution in [0.5, 0.6) is 5.75 Å². The molecule has 1 aliphatic heterocycles. The van der Waals surface area contributed by atoms with Crippen molar-refractivity contribution in [3.05, 3.63) is 88.3 Å². The van der Waals surface area contributed by atoms with E-state index < -0.39 is 11.9 Å². The second-order valence-corrected chi connectivity index (χ2v) is 7.69. The molecular formula is C25H25NO4. The molecule has 0 spiro atoms. The van der Waals surface area contributed by atoms with E-state index in [0.717, 1.165) is 34.7 Å². The van der Waals surface area contributed by atoms with E-state index in [2.05, 4.69) is 17.4 Å². The lowest BCUT2D eigenvalue weighted by Gasteiger charge is -2.36. The molecule has 4 rings (SSSR count). The number of carbonyl (C=O) groups is 2. The summed E-state index contributed by atoms with van der Waals surface area (Å²) in [5.41, 5.74) is 4.79. The molecule has 0 radical (unpaired) electrons. The molecule has 0 saturated heterocycles. The molecule has 30 heavy (non-hydrogen) atoms. The number of ketones is 1. The highest BCUT2D eigenvalue weighted by Crippen LogP contribution is 2.45. The van der Waals surface area contributed by atoms with Gasteiger partial charge in [-0.05, 0) is 42.5 Å². The average Bonchev–Trinajstić information content (AvgIpc) is 2.78. The quantitative estimate of drug-likeness (QED) is 0.774. The lowest BCUT2D eigenvalue weighted by Crippen LogP contribution is -2.36. The zero-order valence-corrected chi connectivity index (χ0v) is 17.4. The Labute approximate surface area is 176 Å². The summed E-state index contributed by atoms with van der Waals surface area (Å²) in [6.07, 6.45) is 1.15. The number of ether oxygens (including phenoxy) is 2. The zero-order valence-electron chi connectivity index (χ0n) is 17.4. The van der Waals surface area contributed by atoms with Crippen LogP contribution in [-0.2, 0) is 14.3 Å². The number of nitrogens with one attached hydrogen (secondary N) is 1. The predicted molar refractivity (Wildman–Crippen MR) is 114 cm³/mol. The summed E-state index contributed by atoms with van der Waals surface area (Å²) < 4.78 is 10.3. The lowest BCUT2D eigenvalue weighted by atomic mass is 9.72. The fourth-order valence-electron chi connectivity index (χ4n) is 4.51. The van der Waals surface area contributed by atoms with Crippen molar-refractivity contribution in [2.75, 3.05) is 14.2 Å². The van der Waals surface area contributed by atoms with Crippen LogP contribution >= 0.6 is 0 Å². The van der Waals surface area contributed by atoms with Crippen LogP contribution in [0.25, 0.3) is 0 Å². The van der Waals surface area contributed by atoms with Crippen LogP contribution in [-0.4, -0.2) is 26.0 Å². The Morgan fingerprint density at radius 3 is 2.30 bits per heavy atom. The zero-order chi connectivity index (χ0) is 21.3. The highest BCUT2D eigenvalue weighted by atomic mass is 16.5. The molecule has 2 atom stereocenters. The van der Waals surface area contributed by atoms with Crippen molar-refractivity contribution < 1.29 is 19.1 Å². The van der Waals surface area contributed by atoms with Crippen LogP contribution < -0.4 is 10.1 Å². The fraction of sp³-hybridized carbons (Fsp3) is 0.280. The summed E-state index contributed by atoms with van der Waals surface area (Å²) in [4.78, 5) is 26.1. The Bertz CT molecular complexity index is 1030. The first kappa shape index (κ1) is 20.0. The van der Waals surface area contributed by atoms with Crippen molar-refractivity contribution in [3.63, 3.8) is 0 Å². The molecule has 1 heterocycles. The van der Waals surface area contributed by atoms with E-state index in [4.69, 9.17) is 9.47 Å². The molecule has 0 bridgehead atoms. The van der Waals surface area contributed by atoms with Gasteiger partial charge in [0, 0.05) is 29.3 Å². The van der Waals surface area contributed by atoms with Crippen molar-refractivity contribution in [2.45, 2.75) is 31.6 Å². The summed E-state index contributed by atoms with van der Waals surface area (Å²) in [5.74, 6) is 0.0248. The van der Waals surface area contributed by atoms with Crippen LogP contribution in [0.3, 0.4) is 0 Å². The molecule has 5 nitrogen and oxygen atoms in total. The van der Waals surface area contributed by atoms with Gasteiger partial charge in [0.25, 0.3) is 0 Å². The minimum absolute atomic E-state index is 0.0623. The first-order chi connectivity index (χ1) is 14.5. The van der Waals surface area contributed by atoms with Crippen LogP contribution in [0, 0.1) is 0 Å². The Morgan fingerprint density at radius 1 is 0.967 bits per heavy atom. The second kappa shape index (κ2) is 8.19. The van der Waals surface area contributed by atoms with E-state index in [0.29, 0.717) is 17.6 Å². The van der Waals surface area contributed by atoms with Crippen LogP contribution in [0.4, 0.5) is 0 Å². The first-order valence-corrected chi connectivity index (χ1v) is 10.0. The molecule has 0 fully saturated rings. The van der Waals surface area contributed by atoms with Crippen LogP contribution in [0.1, 0.15) is 42.7 Å². The van der Waals surface area contributed by atoms with Gasteiger partial charge in [0.05, 0.1) is 19.8 Å². The van der Waals surface area contributed by atoms with E-state index in [1.165, 1.54) is 7.11 Å². The Hall–Kier alpha value is -3.34. The number of dihydropyridines is 1. The Morgan fingerprint density at radius 2 is 1.67 bits per heavy atom. The number of esters is 1. The van der Waals surface area contributed by atoms with Crippen LogP contribution in [0.2, 0.25) is 0 Å². The number of rotatable bonds is 4. The number of Topliss-reactive ketones (excluding diaryl/α,β-unsaturated/α-hetero) is 1. The minimum atomic E-state index is -0.455. The first-order valence-electron chi connectivity index (χ1n) is 10.0. The number of benzene rings is 2. The van der Waals surface area contributed by atoms with Gasteiger partial charge in [-0.25, -0.2) is 4.79 Å². The maximum atomic E-state index is 13.4. The van der Waals surface area contributed by atoms with E-state index in [1.54, 1.807) is 7.11 Å². The highest BCUT2D eigenvalue weighted by molar-refractivity contribution is 6.04. The van der Waals surface area contributed by atoms with Gasteiger partial charge in [0.2, 0.25) is 0 Å². The molecule has 1 N–H and O–H groups in total. The smallest absolute Gasteiger partial charge is 0.336 e. The molecule has 5 heteroatoms. The average molecular weight is 403 g/mol. The van der Waals surface area contributed by atoms with E-state index >= 15 is 0 Å². The van der Waals surface area contributed by atoms with Gasteiger partial charge in [0.15, 0.2) is 5.78 Å². The summed E-state index contributed by atoms with van der Waals surface area (Å²) in [6, 6.07) is 17.6. The van der Waals surface area contributed by atoms with Crippen molar-refractivity contribution in [3.8, 4) is 5.75 Å². The van der Waals surface area contributed by atoms with Gasteiger partial charge in [-0.1, -0.05) is 42.5 Å². The molecule has 0 unspecified atom stereocenters. The molecule has 0 aromatic heterocycles. The number of hydrogen-bond acceptors (Lipinski definition) is 5. The number of methoxy groups -OCH3 is 2. The van der Waals surface area contributed by atoms with Gasteiger partial charge < -0.3 is 14.8 Å². The molecule has 0 saturated carbocycles. The van der Waals surface area contributed by atoms with Crippen molar-refractivity contribution >= 4 is 11.8 Å². The Kier molecular flexibility index (Phi) is 5.44. The predicted octanol–water partition coefficient (Wildman–Crippen LogP) is 4.23. The summed E-state index contributed by atoms with van der Waals surface area (Å²) in [6.45, 7) is 1.86. The summed E-state index contributed by atoms with van der Waals surface area (Å²) >= 11 is 0. The molecule has 2 aromatic carbocycles. The topological polar surface area (TPSA) is 64.6 Å². The van der Waals surface area contributed by atoms with Crippen molar-refractivity contribution in [1.29, 1.82) is 0 Å². The van der Waals surface area contributed by atoms with E-state index in [-0.39, 0.29) is 11.7 Å². The van der Waals surface area contributed by atoms with Gasteiger partial charge >= 0.3 is 5.97 Å². The second-order valence-electron chi connectivity index (χ2n) is 7.69. The maximum absolute atomic E-state index is 13.4. The molecular weight excluding hydrogens is 378 g/mol. The lowest BCUT2D eigenvalue weighted by molar-refractivity contribution is -0.136. The van der Waals surface area contributed by atoms with E-state index in [1.807, 2.05) is 49.4 Å². The number of hydrogen-bond donors (Lipinski definition) is 1. The van der Waals surface area contributed by atoms with E-state index in [9.17, 15) is 9.59 Å². The maximum Gasteiger partial charge on any atom is 0.336 e. The van der Waals surface area contributed by atoms with Gasteiger partial charge in [-0.3, -0.25) is 4.79 Å². The molecule has 2 aromatic rings. The highest BCUT2D eigenvalue weighted by Gasteiger charge is 2.41. The number of carbonyl (C=O) groups excluding carboxylic acids is 2. The normalized spacial score (nSPS) is 21.1. The van der Waals surface area contributed by atoms with Gasteiger partial charge in [0.1, 0.15) is 5.75 Å².